The molecule has 0 spiro atoms. The maximum atomic E-state index is 12.5. The van der Waals surface area contributed by atoms with Gasteiger partial charge in [-0.3, -0.25) is 15.5 Å². The number of alkyl carbamates (subject to hydrolysis) is 2. The number of benzene rings is 2. The van der Waals surface area contributed by atoms with Gasteiger partial charge in [0.1, 0.15) is 19.3 Å². The van der Waals surface area contributed by atoms with E-state index in [4.69, 9.17) is 18.9 Å². The minimum atomic E-state index is -0.863. The molecule has 1 aliphatic heterocycles. The number of nitrogens with one attached hydrogen (secondary N) is 2. The number of ether oxygens (including phenoxy) is 4. The number of nitrogens with zero attached hydrogens (tertiary/aromatic N) is 1. The van der Waals surface area contributed by atoms with Crippen LogP contribution in [0.4, 0.5) is 14.4 Å². The van der Waals surface area contributed by atoms with Crippen LogP contribution in [0.15, 0.2) is 60.7 Å². The number of hydrogen-bond donors (Lipinski definition) is 2. The van der Waals surface area contributed by atoms with Crippen LogP contribution in [0.2, 0.25) is 0 Å². The first-order chi connectivity index (χ1) is 17.5. The summed E-state index contributed by atoms with van der Waals surface area (Å²) < 4.78 is 20.3. The van der Waals surface area contributed by atoms with E-state index in [-0.39, 0.29) is 13.2 Å². The molecule has 1 heterocycles. The van der Waals surface area contributed by atoms with Gasteiger partial charge in [0.15, 0.2) is 13.5 Å². The highest BCUT2D eigenvalue weighted by atomic mass is 16.6. The predicted molar refractivity (Wildman–Crippen MR) is 126 cm³/mol. The Bertz CT molecular complexity index is 921. The maximum absolute atomic E-state index is 12.5. The van der Waals surface area contributed by atoms with Crippen molar-refractivity contribution in [2.24, 2.45) is 0 Å². The molecular weight excluding hydrogens is 470 g/mol. The molecule has 0 saturated carbocycles. The van der Waals surface area contributed by atoms with Gasteiger partial charge >= 0.3 is 24.2 Å². The molecule has 3 amide bonds. The van der Waals surface area contributed by atoms with E-state index in [0.29, 0.717) is 19.4 Å². The zero-order valence-corrected chi connectivity index (χ0v) is 19.7. The molecule has 1 aliphatic rings. The van der Waals surface area contributed by atoms with Crippen LogP contribution >= 0.6 is 0 Å². The van der Waals surface area contributed by atoms with Crippen LogP contribution in [-0.2, 0) is 37.0 Å². The lowest BCUT2D eigenvalue weighted by Crippen LogP contribution is -2.50. The quantitative estimate of drug-likeness (QED) is 0.305. The van der Waals surface area contributed by atoms with Crippen LogP contribution in [0.3, 0.4) is 0 Å². The van der Waals surface area contributed by atoms with Gasteiger partial charge in [-0.25, -0.2) is 19.2 Å². The van der Waals surface area contributed by atoms with Crippen molar-refractivity contribution in [1.82, 2.24) is 15.5 Å². The molecule has 1 atom stereocenters. The minimum Gasteiger partial charge on any atom is -0.445 e. The molecule has 2 aromatic carbocycles. The van der Waals surface area contributed by atoms with E-state index in [9.17, 15) is 19.2 Å². The monoisotopic (exact) mass is 499 g/mol. The molecule has 3 rings (SSSR count). The molecule has 1 saturated heterocycles. The summed E-state index contributed by atoms with van der Waals surface area (Å²) in [7, 11) is 0. The number of carbonyl (C=O) groups excluding carboxylic acids is 4. The average Bonchev–Trinajstić information content (AvgIpc) is 2.91. The topological polar surface area (TPSA) is 133 Å². The molecule has 192 valence electrons. The number of carbonyl (C=O) groups is 4. The van der Waals surface area contributed by atoms with Crippen LogP contribution in [0.5, 0.6) is 0 Å². The van der Waals surface area contributed by atoms with Crippen molar-refractivity contribution in [2.75, 3.05) is 20.0 Å². The maximum Gasteiger partial charge on any atom is 0.412 e. The highest BCUT2D eigenvalue weighted by Gasteiger charge is 2.34. The summed E-state index contributed by atoms with van der Waals surface area (Å²) in [6.07, 6.45) is -0.451. The van der Waals surface area contributed by atoms with Crippen molar-refractivity contribution in [2.45, 2.75) is 38.5 Å². The Morgan fingerprint density at radius 3 is 1.81 bits per heavy atom. The molecule has 2 N–H and O–H groups in total. The largest absolute Gasteiger partial charge is 0.445 e. The first-order valence-electron chi connectivity index (χ1n) is 11.5. The third-order valence-electron chi connectivity index (χ3n) is 5.28. The SMILES string of the molecule is O=C(NCOC(=O)C1CCCCN1C(=O)OCNC(=O)OCc1ccccc1)OCc1ccccc1. The molecule has 36 heavy (non-hydrogen) atoms. The third-order valence-corrected chi connectivity index (χ3v) is 5.28. The van der Waals surface area contributed by atoms with Gasteiger partial charge in [0.2, 0.25) is 0 Å². The number of amides is 3. The number of likely N-dealkylation sites (tertiary alicyclic amines) is 1. The second kappa shape index (κ2) is 14.2. The Balaban J connectivity index is 1.35. The normalized spacial score (nSPS) is 14.8. The molecule has 0 bridgehead atoms. The van der Waals surface area contributed by atoms with Crippen LogP contribution in [0.25, 0.3) is 0 Å². The Hall–Kier alpha value is -4.28. The van der Waals surface area contributed by atoms with Crippen molar-refractivity contribution < 1.29 is 38.1 Å². The molecule has 11 heteroatoms. The van der Waals surface area contributed by atoms with Gasteiger partial charge in [-0.1, -0.05) is 60.7 Å². The van der Waals surface area contributed by atoms with E-state index in [0.717, 1.165) is 17.5 Å². The molecule has 1 unspecified atom stereocenters. The minimum absolute atomic E-state index is 0.0779. The molecule has 11 nitrogen and oxygen atoms in total. The fourth-order valence-electron chi connectivity index (χ4n) is 3.45. The lowest BCUT2D eigenvalue weighted by atomic mass is 10.0. The summed E-state index contributed by atoms with van der Waals surface area (Å²) in [5.74, 6) is -0.676. The number of hydrogen-bond acceptors (Lipinski definition) is 8. The molecule has 2 aromatic rings. The summed E-state index contributed by atoms with van der Waals surface area (Å²) in [5, 5.41) is 4.67. The van der Waals surface area contributed by atoms with Crippen LogP contribution in [0.1, 0.15) is 30.4 Å². The van der Waals surface area contributed by atoms with E-state index < -0.39 is 43.8 Å². The fourth-order valence-corrected chi connectivity index (χ4v) is 3.45. The number of rotatable bonds is 9. The van der Waals surface area contributed by atoms with Crippen molar-refractivity contribution >= 4 is 24.2 Å². The lowest BCUT2D eigenvalue weighted by Gasteiger charge is -2.33. The van der Waals surface area contributed by atoms with E-state index >= 15 is 0 Å². The number of piperidine rings is 1. The zero-order chi connectivity index (χ0) is 25.6. The van der Waals surface area contributed by atoms with Gasteiger partial charge in [-0.05, 0) is 30.4 Å². The molecule has 1 fully saturated rings. The van der Waals surface area contributed by atoms with Crippen molar-refractivity contribution in [3.8, 4) is 0 Å². The van der Waals surface area contributed by atoms with Crippen LogP contribution in [0, 0.1) is 0 Å². The van der Waals surface area contributed by atoms with Gasteiger partial charge in [-0.2, -0.15) is 0 Å². The van der Waals surface area contributed by atoms with Gasteiger partial charge in [0.05, 0.1) is 0 Å². The first kappa shape index (κ1) is 26.3. The third kappa shape index (κ3) is 8.82. The molecule has 0 aromatic heterocycles. The molecule has 0 radical (unpaired) electrons. The summed E-state index contributed by atoms with van der Waals surface area (Å²) >= 11 is 0. The van der Waals surface area contributed by atoms with Crippen LogP contribution < -0.4 is 10.6 Å². The second-order valence-electron chi connectivity index (χ2n) is 7.84. The van der Waals surface area contributed by atoms with Gasteiger partial charge in [-0.15, -0.1) is 0 Å². The number of esters is 1. The van der Waals surface area contributed by atoms with E-state index in [1.54, 1.807) is 0 Å². The fraction of sp³-hybridized carbons (Fsp3) is 0.360. The van der Waals surface area contributed by atoms with Crippen molar-refractivity contribution in [3.63, 3.8) is 0 Å². The van der Waals surface area contributed by atoms with E-state index in [1.165, 1.54) is 4.90 Å². The van der Waals surface area contributed by atoms with Gasteiger partial charge < -0.3 is 18.9 Å². The van der Waals surface area contributed by atoms with Crippen molar-refractivity contribution in [3.05, 3.63) is 71.8 Å². The molecular formula is C25H29N3O8. The van der Waals surface area contributed by atoms with Crippen LogP contribution in [-0.4, -0.2) is 55.2 Å². The summed E-state index contributed by atoms with van der Waals surface area (Å²) in [6, 6.07) is 17.4. The smallest absolute Gasteiger partial charge is 0.412 e. The van der Waals surface area contributed by atoms with Gasteiger partial charge in [0, 0.05) is 6.54 Å². The average molecular weight is 500 g/mol. The second-order valence-corrected chi connectivity index (χ2v) is 7.84. The van der Waals surface area contributed by atoms with E-state index in [2.05, 4.69) is 10.6 Å². The molecule has 0 aliphatic carbocycles. The van der Waals surface area contributed by atoms with Gasteiger partial charge in [0.25, 0.3) is 0 Å². The van der Waals surface area contributed by atoms with Crippen molar-refractivity contribution in [1.29, 1.82) is 0 Å². The highest BCUT2D eigenvalue weighted by Crippen LogP contribution is 2.19. The standard InChI is InChI=1S/C25H29N3O8/c29-22(35-17-26-23(30)33-15-19-9-3-1-4-10-19)21-13-7-8-14-28(21)25(32)36-18-27-24(31)34-16-20-11-5-2-6-12-20/h1-6,9-12,21H,7-8,13-18H2,(H,26,30)(H,27,31). The Kier molecular flexibility index (Phi) is 10.4. The Morgan fingerprint density at radius 1 is 0.722 bits per heavy atom. The zero-order valence-electron chi connectivity index (χ0n) is 19.7. The lowest BCUT2D eigenvalue weighted by molar-refractivity contribution is -0.151. The summed E-state index contributed by atoms with van der Waals surface area (Å²) in [6.45, 7) is -0.366. The van der Waals surface area contributed by atoms with E-state index in [1.807, 2.05) is 60.7 Å². The Labute approximate surface area is 208 Å². The summed E-state index contributed by atoms with van der Waals surface area (Å²) in [5.41, 5.74) is 1.64. The Morgan fingerprint density at radius 2 is 1.25 bits per heavy atom. The predicted octanol–water partition coefficient (Wildman–Crippen LogP) is 3.29. The highest BCUT2D eigenvalue weighted by molar-refractivity contribution is 5.82. The summed E-state index contributed by atoms with van der Waals surface area (Å²) in [4.78, 5) is 49.8. The first-order valence-corrected chi connectivity index (χ1v) is 11.5.